The summed E-state index contributed by atoms with van der Waals surface area (Å²) in [4.78, 5) is 0. The second-order valence-electron chi connectivity index (χ2n) is 11.2. The molecule has 1 heterocycles. The maximum atomic E-state index is 10.2. The zero-order valence-electron chi connectivity index (χ0n) is 19.0. The van der Waals surface area contributed by atoms with Gasteiger partial charge in [0.05, 0.1) is 12.7 Å². The van der Waals surface area contributed by atoms with E-state index in [9.17, 15) is 5.11 Å². The Morgan fingerprint density at radius 2 is 1.77 bits per heavy atom. The van der Waals surface area contributed by atoms with E-state index < -0.39 is 0 Å². The van der Waals surface area contributed by atoms with Gasteiger partial charge in [0, 0.05) is 0 Å². The minimum atomic E-state index is -0.254. The van der Waals surface area contributed by atoms with Crippen LogP contribution in [0.15, 0.2) is 53.3 Å². The number of hydrogen-bond donors (Lipinski definition) is 1. The third kappa shape index (κ3) is 3.01. The van der Waals surface area contributed by atoms with E-state index in [1.807, 2.05) is 6.07 Å². The summed E-state index contributed by atoms with van der Waals surface area (Å²) in [7, 11) is -0.254. The molecule has 4 aliphatic carbocycles. The zero-order valence-corrected chi connectivity index (χ0v) is 19.0. The third-order valence-electron chi connectivity index (χ3n) is 9.89. The van der Waals surface area contributed by atoms with Crippen LogP contribution in [0.25, 0.3) is 0 Å². The van der Waals surface area contributed by atoms with Crippen molar-refractivity contribution in [2.75, 3.05) is 6.61 Å². The Kier molecular flexibility index (Phi) is 4.70. The van der Waals surface area contributed by atoms with E-state index in [2.05, 4.69) is 44.2 Å². The Bertz CT molecular complexity index is 924. The minimum absolute atomic E-state index is 0.121. The molecule has 0 amide bonds. The van der Waals surface area contributed by atoms with Crippen molar-refractivity contribution < 1.29 is 14.4 Å². The van der Waals surface area contributed by atoms with Crippen molar-refractivity contribution in [3.05, 3.63) is 53.3 Å². The largest absolute Gasteiger partial charge is 0.562 e. The smallest absolute Gasteiger partial charge is 0.534 e. The van der Waals surface area contributed by atoms with Crippen molar-refractivity contribution in [1.82, 2.24) is 0 Å². The summed E-state index contributed by atoms with van der Waals surface area (Å²) in [5, 5.41) is 10.2. The van der Waals surface area contributed by atoms with Crippen LogP contribution in [0.1, 0.15) is 65.2 Å². The molecular formula is C27H35BO3. The molecule has 4 heteroatoms. The molecule has 164 valence electrons. The van der Waals surface area contributed by atoms with E-state index in [4.69, 9.17) is 9.31 Å². The zero-order chi connectivity index (χ0) is 21.2. The normalized spacial score (nSPS) is 44.2. The van der Waals surface area contributed by atoms with Crippen molar-refractivity contribution >= 4 is 12.6 Å². The van der Waals surface area contributed by atoms with Crippen LogP contribution in [-0.4, -0.2) is 24.9 Å². The number of allylic oxidation sites excluding steroid dienone is 2. The molecule has 3 nitrogen and oxygen atoms in total. The summed E-state index contributed by atoms with van der Waals surface area (Å²) in [6.45, 7) is 5.65. The lowest BCUT2D eigenvalue weighted by atomic mass is 9.48. The van der Waals surface area contributed by atoms with Crippen molar-refractivity contribution in [3.8, 4) is 0 Å². The maximum Gasteiger partial charge on any atom is 0.562 e. The van der Waals surface area contributed by atoms with Crippen LogP contribution in [0.4, 0.5) is 0 Å². The molecular weight excluding hydrogens is 383 g/mol. The Balaban J connectivity index is 1.27. The average Bonchev–Trinajstić information content (AvgIpc) is 3.39. The molecule has 6 atom stereocenters. The second-order valence-corrected chi connectivity index (χ2v) is 11.2. The number of hydrogen-bond acceptors (Lipinski definition) is 3. The molecule has 3 saturated carbocycles. The van der Waals surface area contributed by atoms with Gasteiger partial charge >= 0.3 is 7.12 Å². The highest BCUT2D eigenvalue weighted by atomic mass is 16.6. The van der Waals surface area contributed by atoms with Gasteiger partial charge in [0.1, 0.15) is 5.76 Å². The fourth-order valence-electron chi connectivity index (χ4n) is 8.19. The highest BCUT2D eigenvalue weighted by Gasteiger charge is 2.58. The Morgan fingerprint density at radius 1 is 1.00 bits per heavy atom. The van der Waals surface area contributed by atoms with Crippen LogP contribution >= 0.6 is 0 Å². The molecule has 31 heavy (non-hydrogen) atoms. The second kappa shape index (κ2) is 7.25. The topological polar surface area (TPSA) is 38.7 Å². The van der Waals surface area contributed by atoms with Gasteiger partial charge in [-0.3, -0.25) is 0 Å². The van der Waals surface area contributed by atoms with Gasteiger partial charge in [-0.15, -0.1) is 0 Å². The number of benzene rings is 1. The first-order valence-corrected chi connectivity index (χ1v) is 12.4. The van der Waals surface area contributed by atoms with E-state index in [1.54, 1.807) is 11.1 Å². The molecule has 4 fully saturated rings. The fourth-order valence-corrected chi connectivity index (χ4v) is 8.19. The summed E-state index contributed by atoms with van der Waals surface area (Å²) < 4.78 is 12.5. The lowest BCUT2D eigenvalue weighted by Crippen LogP contribution is -2.49. The van der Waals surface area contributed by atoms with E-state index in [-0.39, 0.29) is 18.6 Å². The molecule has 1 aromatic rings. The summed E-state index contributed by atoms with van der Waals surface area (Å²) in [6, 6.07) is 10.3. The molecule has 0 aromatic heterocycles. The van der Waals surface area contributed by atoms with Crippen molar-refractivity contribution in [2.45, 2.75) is 71.3 Å². The van der Waals surface area contributed by atoms with Crippen LogP contribution in [-0.2, 0) is 9.31 Å². The first kappa shape index (κ1) is 20.1. The van der Waals surface area contributed by atoms with Crippen LogP contribution in [0, 0.1) is 28.6 Å². The quantitative estimate of drug-likeness (QED) is 0.515. The summed E-state index contributed by atoms with van der Waals surface area (Å²) in [5.41, 5.74) is 4.78. The lowest BCUT2D eigenvalue weighted by molar-refractivity contribution is -0.0274. The fraction of sp³-hybridized carbons (Fsp3) is 0.630. The van der Waals surface area contributed by atoms with Crippen molar-refractivity contribution in [2.24, 2.45) is 28.6 Å². The number of rotatable bonds is 1. The maximum absolute atomic E-state index is 10.2. The molecule has 1 aliphatic heterocycles. The van der Waals surface area contributed by atoms with Crippen molar-refractivity contribution in [1.29, 1.82) is 0 Å². The predicted molar refractivity (Wildman–Crippen MR) is 124 cm³/mol. The molecule has 0 radical (unpaired) electrons. The molecule has 1 aromatic carbocycles. The molecule has 6 unspecified atom stereocenters. The minimum Gasteiger partial charge on any atom is -0.534 e. The van der Waals surface area contributed by atoms with Crippen LogP contribution in [0.2, 0.25) is 0 Å². The SMILES string of the molecule is CC12CCC(O)CC1=CCC1C2CCC2(C)/C(=C3\COB(c4ccccc4)O3)CCC12. The summed E-state index contributed by atoms with van der Waals surface area (Å²) in [5.74, 6) is 3.42. The van der Waals surface area contributed by atoms with Crippen molar-refractivity contribution in [3.63, 3.8) is 0 Å². The van der Waals surface area contributed by atoms with Gasteiger partial charge in [-0.2, -0.15) is 0 Å². The predicted octanol–water partition coefficient (Wildman–Crippen LogP) is 5.01. The van der Waals surface area contributed by atoms with E-state index in [0.717, 1.165) is 54.7 Å². The molecule has 6 rings (SSSR count). The molecule has 5 aliphatic rings. The van der Waals surface area contributed by atoms with E-state index in [0.29, 0.717) is 12.0 Å². The first-order chi connectivity index (χ1) is 15.0. The van der Waals surface area contributed by atoms with Gasteiger partial charge in [0.2, 0.25) is 0 Å². The summed E-state index contributed by atoms with van der Waals surface area (Å²) in [6.07, 6.45) is 11.7. The van der Waals surface area contributed by atoms with Crippen LogP contribution < -0.4 is 5.46 Å². The van der Waals surface area contributed by atoms with Gasteiger partial charge in [0.25, 0.3) is 0 Å². The van der Waals surface area contributed by atoms with Gasteiger partial charge in [-0.25, -0.2) is 0 Å². The monoisotopic (exact) mass is 418 g/mol. The average molecular weight is 418 g/mol. The Morgan fingerprint density at radius 3 is 2.61 bits per heavy atom. The first-order valence-electron chi connectivity index (χ1n) is 12.4. The van der Waals surface area contributed by atoms with E-state index >= 15 is 0 Å². The molecule has 1 saturated heterocycles. The highest BCUT2D eigenvalue weighted by molar-refractivity contribution is 6.62. The number of aliphatic hydroxyl groups excluding tert-OH is 1. The molecule has 0 bridgehead atoms. The van der Waals surface area contributed by atoms with E-state index in [1.165, 1.54) is 25.7 Å². The van der Waals surface area contributed by atoms with Gasteiger partial charge < -0.3 is 14.4 Å². The highest BCUT2D eigenvalue weighted by Crippen LogP contribution is 2.66. The van der Waals surface area contributed by atoms with Gasteiger partial charge in [0.15, 0.2) is 0 Å². The number of fused-ring (bicyclic) bond motifs is 5. The lowest BCUT2D eigenvalue weighted by Gasteiger charge is -2.57. The van der Waals surface area contributed by atoms with Crippen LogP contribution in [0.3, 0.4) is 0 Å². The molecule has 0 spiro atoms. The molecule has 1 N–H and O–H groups in total. The van der Waals surface area contributed by atoms with Crippen LogP contribution in [0.5, 0.6) is 0 Å². The Labute approximate surface area is 187 Å². The third-order valence-corrected chi connectivity index (χ3v) is 9.89. The Hall–Kier alpha value is -1.52. The van der Waals surface area contributed by atoms with Gasteiger partial charge in [-0.05, 0) is 91.0 Å². The standard InChI is InChI=1S/C27H35BO3/c1-26-14-12-20(29)16-18(26)8-9-21-22-10-11-24(27(22,2)15-13-23(21)26)25-17-30-28(31-25)19-6-4-3-5-7-19/h3-8,20-23,29H,9-17H2,1-2H3/b25-24+. The summed E-state index contributed by atoms with van der Waals surface area (Å²) >= 11 is 0. The van der Waals surface area contributed by atoms with Gasteiger partial charge in [-0.1, -0.05) is 55.8 Å². The number of aliphatic hydroxyl groups is 1.